The molecule has 2 atom stereocenters. The molecular weight excluding hydrogens is 411 g/mol. The van der Waals surface area contributed by atoms with E-state index in [9.17, 15) is 9.59 Å². The average molecular weight is 446 g/mol. The van der Waals surface area contributed by atoms with Crippen LogP contribution in [0.15, 0.2) is 0 Å². The molecule has 0 saturated heterocycles. The minimum absolute atomic E-state index is 0.337. The number of halogens is 3. The van der Waals surface area contributed by atoms with Gasteiger partial charge in [0.15, 0.2) is 0 Å². The summed E-state index contributed by atoms with van der Waals surface area (Å²) in [6, 6.07) is 0. The van der Waals surface area contributed by atoms with Crippen LogP contribution < -0.4 is 0 Å². The molecule has 27 heavy (non-hydrogen) atoms. The first-order valence-electron chi connectivity index (χ1n) is 9.79. The van der Waals surface area contributed by atoms with Crippen LogP contribution in [0, 0.1) is 10.8 Å². The monoisotopic (exact) mass is 444 g/mol. The first-order chi connectivity index (χ1) is 12.5. The van der Waals surface area contributed by atoms with Gasteiger partial charge in [-0.1, -0.05) is 79.1 Å². The van der Waals surface area contributed by atoms with Crippen LogP contribution in [-0.2, 0) is 13.9 Å². The Balaban J connectivity index is 3.74. The summed E-state index contributed by atoms with van der Waals surface area (Å²) in [5, 5.41) is 7.45. The van der Waals surface area contributed by atoms with Crippen molar-refractivity contribution in [2.45, 2.75) is 103 Å². The summed E-state index contributed by atoms with van der Waals surface area (Å²) in [7, 11) is 0. The molecule has 0 aromatic rings. The Bertz CT molecular complexity index is 453. The second kappa shape index (κ2) is 13.1. The standard InChI is InChI=1S/C20H35Cl3O4/c1-19(2,15(21)17(24)25)13-11-9-7-5-6-8-10-12-14-20(3,4)16(22)18(26)27-23/h15-16H,5-14H2,1-4H3,(H,24,25). The third-order valence-electron chi connectivity index (χ3n) is 5.26. The van der Waals surface area contributed by atoms with E-state index in [1.165, 1.54) is 12.8 Å². The van der Waals surface area contributed by atoms with Crippen molar-refractivity contribution in [3.8, 4) is 0 Å². The number of carbonyl (C=O) groups is 2. The summed E-state index contributed by atoms with van der Waals surface area (Å²) in [4.78, 5) is 22.4. The minimum Gasteiger partial charge on any atom is -0.480 e. The van der Waals surface area contributed by atoms with Gasteiger partial charge in [-0.2, -0.15) is 0 Å². The third kappa shape index (κ3) is 10.8. The SMILES string of the molecule is CC(C)(CCCCCCCCCCC(C)(C)C(Cl)C(=O)OCl)C(Cl)C(=O)O. The van der Waals surface area contributed by atoms with Gasteiger partial charge in [-0.3, -0.25) is 4.79 Å². The number of carboxylic acid groups (broad SMARTS) is 1. The van der Waals surface area contributed by atoms with Crippen LogP contribution in [0.1, 0.15) is 91.9 Å². The van der Waals surface area contributed by atoms with Gasteiger partial charge in [-0.15, -0.1) is 23.2 Å². The molecule has 0 spiro atoms. The largest absolute Gasteiger partial charge is 0.480 e. The van der Waals surface area contributed by atoms with Crippen LogP contribution in [0.25, 0.3) is 0 Å². The molecule has 7 heteroatoms. The van der Waals surface area contributed by atoms with Crippen molar-refractivity contribution < 1.29 is 19.0 Å². The van der Waals surface area contributed by atoms with Crippen LogP contribution in [0.2, 0.25) is 0 Å². The summed E-state index contributed by atoms with van der Waals surface area (Å²) < 4.78 is 4.20. The molecule has 0 aromatic heterocycles. The van der Waals surface area contributed by atoms with E-state index >= 15 is 0 Å². The number of carbonyl (C=O) groups excluding carboxylic acids is 1. The second-order valence-corrected chi connectivity index (χ2v) is 9.79. The smallest absolute Gasteiger partial charge is 0.342 e. The zero-order chi connectivity index (χ0) is 21.1. The molecule has 0 aliphatic carbocycles. The average Bonchev–Trinajstić information content (AvgIpc) is 2.60. The molecule has 0 radical (unpaired) electrons. The van der Waals surface area contributed by atoms with Gasteiger partial charge in [0.25, 0.3) is 0 Å². The van der Waals surface area contributed by atoms with Gasteiger partial charge < -0.3 is 9.40 Å². The number of rotatable bonds is 15. The first kappa shape index (κ1) is 26.8. The van der Waals surface area contributed by atoms with E-state index in [0.29, 0.717) is 0 Å². The Hall–Kier alpha value is -0.190. The molecule has 0 aromatic carbocycles. The second-order valence-electron chi connectivity index (χ2n) is 8.77. The molecular formula is C20H35Cl3O4. The predicted octanol–water partition coefficient (Wildman–Crippen LogP) is 6.94. The Morgan fingerprint density at radius 1 is 0.778 bits per heavy atom. The molecule has 1 N–H and O–H groups in total. The quantitative estimate of drug-likeness (QED) is 0.219. The molecule has 2 unspecified atom stereocenters. The number of hydrogen-bond donors (Lipinski definition) is 1. The lowest BCUT2D eigenvalue weighted by Crippen LogP contribution is -2.32. The number of aliphatic carboxylic acids is 1. The highest BCUT2D eigenvalue weighted by Gasteiger charge is 2.34. The van der Waals surface area contributed by atoms with Gasteiger partial charge in [0, 0.05) is 0 Å². The lowest BCUT2D eigenvalue weighted by Gasteiger charge is -2.27. The molecule has 4 nitrogen and oxygen atoms in total. The Labute approximate surface area is 179 Å². The van der Waals surface area contributed by atoms with E-state index in [1.807, 2.05) is 27.7 Å². The van der Waals surface area contributed by atoms with Gasteiger partial charge >= 0.3 is 11.9 Å². The Morgan fingerprint density at radius 2 is 1.11 bits per heavy atom. The molecule has 0 aliphatic rings. The maximum atomic E-state index is 11.4. The summed E-state index contributed by atoms with van der Waals surface area (Å²) in [5.74, 6) is -1.53. The molecule has 0 saturated carbocycles. The van der Waals surface area contributed by atoms with E-state index in [0.717, 1.165) is 51.4 Å². The molecule has 0 heterocycles. The first-order valence-corrected chi connectivity index (χ1v) is 11.0. The highest BCUT2D eigenvalue weighted by molar-refractivity contribution is 6.32. The lowest BCUT2D eigenvalue weighted by molar-refractivity contribution is -0.139. The molecule has 0 aliphatic heterocycles. The van der Waals surface area contributed by atoms with Crippen molar-refractivity contribution >= 4 is 47.0 Å². The Kier molecular flexibility index (Phi) is 13.0. The summed E-state index contributed by atoms with van der Waals surface area (Å²) in [5.41, 5.74) is -0.715. The van der Waals surface area contributed by atoms with E-state index in [-0.39, 0.29) is 10.8 Å². The fourth-order valence-corrected chi connectivity index (χ4v) is 3.57. The van der Waals surface area contributed by atoms with Gasteiger partial charge in [-0.05, 0) is 23.7 Å². The van der Waals surface area contributed by atoms with Crippen LogP contribution in [0.4, 0.5) is 0 Å². The zero-order valence-corrected chi connectivity index (χ0v) is 19.3. The van der Waals surface area contributed by atoms with Crippen molar-refractivity contribution in [1.29, 1.82) is 0 Å². The molecule has 0 rings (SSSR count). The molecule has 0 bridgehead atoms. The van der Waals surface area contributed by atoms with E-state index < -0.39 is 22.7 Å². The fourth-order valence-electron chi connectivity index (χ4n) is 3.17. The van der Waals surface area contributed by atoms with Gasteiger partial charge in [0.1, 0.15) is 22.6 Å². The molecule has 0 fully saturated rings. The highest BCUT2D eigenvalue weighted by atomic mass is 35.5. The summed E-state index contributed by atoms with van der Waals surface area (Å²) in [6.45, 7) is 7.74. The van der Waals surface area contributed by atoms with Crippen molar-refractivity contribution in [2.24, 2.45) is 10.8 Å². The molecule has 0 amide bonds. The number of carboxylic acids is 1. The van der Waals surface area contributed by atoms with E-state index in [1.54, 1.807) is 0 Å². The summed E-state index contributed by atoms with van der Waals surface area (Å²) in [6.07, 6.45) is 10.6. The van der Waals surface area contributed by atoms with Crippen LogP contribution in [-0.4, -0.2) is 27.8 Å². The van der Waals surface area contributed by atoms with Crippen molar-refractivity contribution in [3.05, 3.63) is 0 Å². The maximum Gasteiger partial charge on any atom is 0.342 e. The minimum atomic E-state index is -0.940. The number of unbranched alkanes of at least 4 members (excludes halogenated alkanes) is 7. The predicted molar refractivity (Wildman–Crippen MR) is 113 cm³/mol. The topological polar surface area (TPSA) is 63.6 Å². The van der Waals surface area contributed by atoms with E-state index in [4.69, 9.17) is 40.2 Å². The lowest BCUT2D eigenvalue weighted by atomic mass is 9.83. The maximum absolute atomic E-state index is 11.4. The van der Waals surface area contributed by atoms with E-state index in [2.05, 4.69) is 4.29 Å². The summed E-state index contributed by atoms with van der Waals surface area (Å²) >= 11 is 17.2. The fraction of sp³-hybridized carbons (Fsp3) is 0.900. The van der Waals surface area contributed by atoms with Crippen molar-refractivity contribution in [2.75, 3.05) is 0 Å². The van der Waals surface area contributed by atoms with Crippen LogP contribution >= 0.6 is 35.1 Å². The van der Waals surface area contributed by atoms with Crippen molar-refractivity contribution in [3.63, 3.8) is 0 Å². The number of alkyl halides is 2. The van der Waals surface area contributed by atoms with Crippen LogP contribution in [0.5, 0.6) is 0 Å². The van der Waals surface area contributed by atoms with Gasteiger partial charge in [-0.25, -0.2) is 4.79 Å². The van der Waals surface area contributed by atoms with Crippen LogP contribution in [0.3, 0.4) is 0 Å². The molecule has 160 valence electrons. The third-order valence-corrected chi connectivity index (χ3v) is 6.96. The highest BCUT2D eigenvalue weighted by Crippen LogP contribution is 2.33. The normalized spacial score (nSPS) is 14.6. The Morgan fingerprint density at radius 3 is 1.44 bits per heavy atom. The van der Waals surface area contributed by atoms with Gasteiger partial charge in [0.05, 0.1) is 0 Å². The van der Waals surface area contributed by atoms with Gasteiger partial charge in [0.2, 0.25) is 0 Å². The van der Waals surface area contributed by atoms with Crippen molar-refractivity contribution in [1.82, 2.24) is 0 Å². The number of hydrogen-bond acceptors (Lipinski definition) is 3. The zero-order valence-electron chi connectivity index (χ0n) is 17.0.